The molecule has 0 saturated heterocycles. The first-order valence-electron chi connectivity index (χ1n) is 11.1. The second-order valence-electron chi connectivity index (χ2n) is 8.23. The molecule has 3 aromatic rings. The number of hydrogen-bond acceptors (Lipinski definition) is 4. The first-order valence-corrected chi connectivity index (χ1v) is 11.1. The van der Waals surface area contributed by atoms with Gasteiger partial charge in [0.05, 0.1) is 0 Å². The van der Waals surface area contributed by atoms with E-state index in [-0.39, 0.29) is 30.2 Å². The summed E-state index contributed by atoms with van der Waals surface area (Å²) in [5, 5.41) is 8.41. The van der Waals surface area contributed by atoms with Gasteiger partial charge in [0.1, 0.15) is 11.8 Å². The molecule has 1 unspecified atom stereocenters. The fourth-order valence-corrected chi connectivity index (χ4v) is 3.28. The lowest BCUT2D eigenvalue weighted by Crippen LogP contribution is -2.37. The van der Waals surface area contributed by atoms with E-state index in [1.165, 1.54) is 0 Å². The van der Waals surface area contributed by atoms with E-state index < -0.39 is 6.04 Å². The van der Waals surface area contributed by atoms with E-state index in [0.717, 1.165) is 0 Å². The van der Waals surface area contributed by atoms with Crippen LogP contribution >= 0.6 is 0 Å². The molecule has 0 fully saturated rings. The van der Waals surface area contributed by atoms with Gasteiger partial charge in [0.15, 0.2) is 6.61 Å². The van der Waals surface area contributed by atoms with E-state index in [0.29, 0.717) is 29.1 Å². The maximum Gasteiger partial charge on any atom is 0.262 e. The Morgan fingerprint density at radius 3 is 2.09 bits per heavy atom. The molecule has 0 heterocycles. The summed E-state index contributed by atoms with van der Waals surface area (Å²) in [4.78, 5) is 37.6. The fraction of sp³-hybridized carbons (Fsp3) is 0.222. The van der Waals surface area contributed by atoms with Crippen LogP contribution in [-0.2, 0) is 14.4 Å². The standard InChI is InChI=1S/C27H29N3O4/c1-19(2)16-24(31)30-26(20-10-5-3-6-11-20)27(33)29-22-14-9-15-23(17-22)34-18-25(32)28-21-12-7-4-8-13-21/h3-15,17,19,26H,16,18H2,1-2H3,(H,28,32)(H,29,33)(H,30,31). The molecule has 7 heteroatoms. The van der Waals surface area contributed by atoms with Gasteiger partial charge in [0.25, 0.3) is 11.8 Å². The van der Waals surface area contributed by atoms with Crippen LogP contribution in [0.3, 0.4) is 0 Å². The van der Waals surface area contributed by atoms with Gasteiger partial charge in [0.2, 0.25) is 5.91 Å². The monoisotopic (exact) mass is 459 g/mol. The molecule has 3 N–H and O–H groups in total. The minimum absolute atomic E-state index is 0.174. The van der Waals surface area contributed by atoms with Crippen LogP contribution in [0.2, 0.25) is 0 Å². The molecule has 3 rings (SSSR count). The van der Waals surface area contributed by atoms with Crippen molar-refractivity contribution in [3.05, 3.63) is 90.5 Å². The first-order chi connectivity index (χ1) is 16.4. The summed E-state index contributed by atoms with van der Waals surface area (Å²) >= 11 is 0. The summed E-state index contributed by atoms with van der Waals surface area (Å²) in [6.07, 6.45) is 0.324. The Morgan fingerprint density at radius 1 is 0.765 bits per heavy atom. The average Bonchev–Trinajstić information content (AvgIpc) is 2.82. The van der Waals surface area contributed by atoms with Crippen molar-refractivity contribution in [2.24, 2.45) is 5.92 Å². The van der Waals surface area contributed by atoms with Crippen molar-refractivity contribution >= 4 is 29.1 Å². The molecule has 0 aliphatic heterocycles. The van der Waals surface area contributed by atoms with Crippen molar-refractivity contribution in [3.8, 4) is 5.75 Å². The molecule has 0 radical (unpaired) electrons. The molecule has 1 atom stereocenters. The summed E-state index contributed by atoms with van der Waals surface area (Å²) < 4.78 is 5.58. The predicted octanol–water partition coefficient (Wildman–Crippen LogP) is 4.55. The van der Waals surface area contributed by atoms with Crippen LogP contribution in [0, 0.1) is 5.92 Å². The second kappa shape index (κ2) is 12.2. The maximum atomic E-state index is 13.1. The van der Waals surface area contributed by atoms with Crippen molar-refractivity contribution in [1.82, 2.24) is 5.32 Å². The molecular formula is C27H29N3O4. The van der Waals surface area contributed by atoms with Crippen LogP contribution in [0.25, 0.3) is 0 Å². The molecule has 0 aliphatic rings. The third-order valence-corrected chi connectivity index (χ3v) is 4.82. The Hall–Kier alpha value is -4.13. The van der Waals surface area contributed by atoms with Gasteiger partial charge in [0, 0.05) is 23.9 Å². The molecule has 3 amide bonds. The predicted molar refractivity (Wildman–Crippen MR) is 132 cm³/mol. The smallest absolute Gasteiger partial charge is 0.262 e. The summed E-state index contributed by atoms with van der Waals surface area (Å²) in [7, 11) is 0. The van der Waals surface area contributed by atoms with Crippen LogP contribution < -0.4 is 20.7 Å². The van der Waals surface area contributed by atoms with Crippen LogP contribution in [0.4, 0.5) is 11.4 Å². The number of para-hydroxylation sites is 1. The maximum absolute atomic E-state index is 13.1. The second-order valence-corrected chi connectivity index (χ2v) is 8.23. The van der Waals surface area contributed by atoms with E-state index in [9.17, 15) is 14.4 Å². The zero-order valence-electron chi connectivity index (χ0n) is 19.3. The minimum atomic E-state index is -0.839. The summed E-state index contributed by atoms with van der Waals surface area (Å²) in [5.41, 5.74) is 1.86. The topological polar surface area (TPSA) is 96.5 Å². The van der Waals surface area contributed by atoms with Gasteiger partial charge in [-0.15, -0.1) is 0 Å². The van der Waals surface area contributed by atoms with Crippen molar-refractivity contribution in [2.45, 2.75) is 26.3 Å². The SMILES string of the molecule is CC(C)CC(=O)NC(C(=O)Nc1cccc(OCC(=O)Nc2ccccc2)c1)c1ccccc1. The van der Waals surface area contributed by atoms with Gasteiger partial charge < -0.3 is 20.7 Å². The highest BCUT2D eigenvalue weighted by molar-refractivity contribution is 5.98. The van der Waals surface area contributed by atoms with Crippen LogP contribution in [0.15, 0.2) is 84.9 Å². The highest BCUT2D eigenvalue weighted by Crippen LogP contribution is 2.21. The Kier molecular flexibility index (Phi) is 8.80. The number of amides is 3. The fourth-order valence-electron chi connectivity index (χ4n) is 3.28. The van der Waals surface area contributed by atoms with E-state index in [1.807, 2.05) is 50.2 Å². The molecule has 7 nitrogen and oxygen atoms in total. The molecule has 0 aliphatic carbocycles. The Balaban J connectivity index is 1.63. The largest absolute Gasteiger partial charge is 0.484 e. The quantitative estimate of drug-likeness (QED) is 0.415. The van der Waals surface area contributed by atoms with Gasteiger partial charge in [-0.3, -0.25) is 14.4 Å². The van der Waals surface area contributed by atoms with E-state index >= 15 is 0 Å². The third-order valence-electron chi connectivity index (χ3n) is 4.82. The summed E-state index contributed by atoms with van der Waals surface area (Å²) in [5.74, 6) is -0.256. The normalized spacial score (nSPS) is 11.4. The average molecular weight is 460 g/mol. The number of hydrogen-bond donors (Lipinski definition) is 3. The molecule has 176 valence electrons. The van der Waals surface area contributed by atoms with Crippen LogP contribution in [0.5, 0.6) is 5.75 Å². The highest BCUT2D eigenvalue weighted by Gasteiger charge is 2.23. The van der Waals surface area contributed by atoms with Gasteiger partial charge in [-0.1, -0.05) is 68.4 Å². The zero-order chi connectivity index (χ0) is 24.3. The van der Waals surface area contributed by atoms with E-state index in [4.69, 9.17) is 4.74 Å². The third kappa shape index (κ3) is 7.78. The minimum Gasteiger partial charge on any atom is -0.484 e. The lowest BCUT2D eigenvalue weighted by Gasteiger charge is -2.20. The summed E-state index contributed by atoms with van der Waals surface area (Å²) in [6, 6.07) is 24.1. The van der Waals surface area contributed by atoms with Crippen LogP contribution in [0.1, 0.15) is 31.9 Å². The Bertz CT molecular complexity index is 1100. The number of ether oxygens (including phenoxy) is 1. The van der Waals surface area contributed by atoms with Crippen LogP contribution in [-0.4, -0.2) is 24.3 Å². The van der Waals surface area contributed by atoms with Crippen molar-refractivity contribution < 1.29 is 19.1 Å². The first kappa shape index (κ1) is 24.5. The lowest BCUT2D eigenvalue weighted by atomic mass is 10.0. The molecule has 34 heavy (non-hydrogen) atoms. The van der Waals surface area contributed by atoms with E-state index in [1.54, 1.807) is 48.5 Å². The van der Waals surface area contributed by atoms with Crippen molar-refractivity contribution in [3.63, 3.8) is 0 Å². The van der Waals surface area contributed by atoms with Gasteiger partial charge >= 0.3 is 0 Å². The van der Waals surface area contributed by atoms with Gasteiger partial charge in [-0.05, 0) is 35.7 Å². The number of carbonyl (C=O) groups excluding carboxylic acids is 3. The highest BCUT2D eigenvalue weighted by atomic mass is 16.5. The molecular weight excluding hydrogens is 430 g/mol. The number of anilines is 2. The Morgan fingerprint density at radius 2 is 1.41 bits per heavy atom. The number of benzene rings is 3. The van der Waals surface area contributed by atoms with Gasteiger partial charge in [-0.2, -0.15) is 0 Å². The molecule has 0 bridgehead atoms. The Labute approximate surface area is 199 Å². The molecule has 0 aromatic heterocycles. The van der Waals surface area contributed by atoms with Crippen molar-refractivity contribution in [2.75, 3.05) is 17.2 Å². The molecule has 0 spiro atoms. The number of nitrogens with one attached hydrogen (secondary N) is 3. The van der Waals surface area contributed by atoms with Crippen molar-refractivity contribution in [1.29, 1.82) is 0 Å². The summed E-state index contributed by atoms with van der Waals surface area (Å²) in [6.45, 7) is 3.72. The van der Waals surface area contributed by atoms with Gasteiger partial charge in [-0.25, -0.2) is 0 Å². The molecule has 3 aromatic carbocycles. The van der Waals surface area contributed by atoms with E-state index in [2.05, 4.69) is 16.0 Å². The number of carbonyl (C=O) groups is 3. The number of rotatable bonds is 10. The zero-order valence-corrected chi connectivity index (χ0v) is 19.3. The lowest BCUT2D eigenvalue weighted by molar-refractivity contribution is -0.127. The molecule has 0 saturated carbocycles.